The van der Waals surface area contributed by atoms with E-state index in [2.05, 4.69) is 5.32 Å². The van der Waals surface area contributed by atoms with E-state index in [-0.39, 0.29) is 11.3 Å². The second kappa shape index (κ2) is 5.13. The number of carbonyl (C=O) groups is 1. The van der Waals surface area contributed by atoms with Crippen LogP contribution in [0.15, 0.2) is 16.7 Å². The Morgan fingerprint density at radius 1 is 1.53 bits per heavy atom. The van der Waals surface area contributed by atoms with Crippen LogP contribution in [0.1, 0.15) is 41.8 Å². The first-order valence-electron chi connectivity index (χ1n) is 6.05. The molecule has 1 fully saturated rings. The van der Waals surface area contributed by atoms with Crippen LogP contribution in [0.25, 0.3) is 0 Å². The number of rotatable bonds is 4. The molecule has 1 aliphatic carbocycles. The quantitative estimate of drug-likeness (QED) is 0.840. The van der Waals surface area contributed by atoms with Gasteiger partial charge in [0, 0.05) is 23.4 Å². The summed E-state index contributed by atoms with van der Waals surface area (Å²) in [6, 6.07) is 1.79. The van der Waals surface area contributed by atoms with Crippen molar-refractivity contribution < 1.29 is 9.21 Å². The number of carbonyl (C=O) groups excluding carboxylic acids is 1. The van der Waals surface area contributed by atoms with E-state index in [0.717, 1.165) is 18.4 Å². The van der Waals surface area contributed by atoms with Gasteiger partial charge in [-0.2, -0.15) is 0 Å². The average Bonchev–Trinajstić information content (AvgIpc) is 2.95. The first kappa shape index (κ1) is 12.5. The maximum Gasteiger partial charge on any atom is 0.287 e. The largest absolute Gasteiger partial charge is 0.459 e. The minimum atomic E-state index is -0.135. The van der Waals surface area contributed by atoms with Crippen molar-refractivity contribution in [2.45, 2.75) is 32.6 Å². The molecule has 0 aromatic carbocycles. The van der Waals surface area contributed by atoms with E-state index < -0.39 is 0 Å². The van der Waals surface area contributed by atoms with Crippen LogP contribution in [-0.2, 0) is 0 Å². The van der Waals surface area contributed by atoms with Crippen LogP contribution in [0.3, 0.4) is 0 Å². The predicted octanol–water partition coefficient (Wildman–Crippen LogP) is 3.12. The minimum absolute atomic E-state index is 0.0950. The summed E-state index contributed by atoms with van der Waals surface area (Å²) < 4.78 is 5.16. The third kappa shape index (κ3) is 2.65. The van der Waals surface area contributed by atoms with Gasteiger partial charge in [0.1, 0.15) is 0 Å². The van der Waals surface area contributed by atoms with Crippen LogP contribution in [-0.4, -0.2) is 18.3 Å². The van der Waals surface area contributed by atoms with Crippen LogP contribution in [0, 0.1) is 12.3 Å². The third-order valence-electron chi connectivity index (χ3n) is 3.64. The highest BCUT2D eigenvalue weighted by atomic mass is 35.5. The standard InChI is InChI=1S/C13H18ClNO2/c1-10-4-7-17-11(10)12(16)15-9-13(8-14)5-2-3-6-13/h4,7H,2-3,5-6,8-9H2,1H3,(H,15,16). The van der Waals surface area contributed by atoms with Gasteiger partial charge in [-0.25, -0.2) is 0 Å². The topological polar surface area (TPSA) is 42.2 Å². The molecule has 94 valence electrons. The number of hydrogen-bond donors (Lipinski definition) is 1. The van der Waals surface area contributed by atoms with Crippen molar-refractivity contribution in [2.24, 2.45) is 5.41 Å². The molecule has 1 amide bonds. The van der Waals surface area contributed by atoms with Gasteiger partial charge in [0.25, 0.3) is 5.91 Å². The van der Waals surface area contributed by atoms with Crippen molar-refractivity contribution in [1.82, 2.24) is 5.32 Å². The maximum atomic E-state index is 11.9. The number of alkyl halides is 1. The summed E-state index contributed by atoms with van der Waals surface area (Å²) in [6.45, 7) is 2.51. The zero-order valence-electron chi connectivity index (χ0n) is 10.1. The lowest BCUT2D eigenvalue weighted by Gasteiger charge is -2.26. The molecule has 1 heterocycles. The van der Waals surface area contributed by atoms with E-state index in [1.807, 2.05) is 6.92 Å². The van der Waals surface area contributed by atoms with E-state index in [1.165, 1.54) is 19.1 Å². The van der Waals surface area contributed by atoms with Crippen molar-refractivity contribution in [3.63, 3.8) is 0 Å². The molecule has 1 aliphatic rings. The number of hydrogen-bond acceptors (Lipinski definition) is 2. The maximum absolute atomic E-state index is 11.9. The fraction of sp³-hybridized carbons (Fsp3) is 0.615. The predicted molar refractivity (Wildman–Crippen MR) is 67.4 cm³/mol. The Bertz CT molecular complexity index is 394. The van der Waals surface area contributed by atoms with Crippen molar-refractivity contribution in [1.29, 1.82) is 0 Å². The van der Waals surface area contributed by atoms with E-state index in [9.17, 15) is 4.79 Å². The molecule has 1 aromatic rings. The van der Waals surface area contributed by atoms with Crippen molar-refractivity contribution in [3.05, 3.63) is 23.7 Å². The summed E-state index contributed by atoms with van der Waals surface area (Å²) >= 11 is 6.03. The second-order valence-electron chi connectivity index (χ2n) is 4.96. The van der Waals surface area contributed by atoms with Gasteiger partial charge >= 0.3 is 0 Å². The molecule has 3 nitrogen and oxygen atoms in total. The molecule has 0 spiro atoms. The molecule has 0 saturated heterocycles. The fourth-order valence-corrected chi connectivity index (χ4v) is 2.80. The molecule has 1 aromatic heterocycles. The highest BCUT2D eigenvalue weighted by molar-refractivity contribution is 6.18. The number of aryl methyl sites for hydroxylation is 1. The molecule has 0 bridgehead atoms. The van der Waals surface area contributed by atoms with Gasteiger partial charge in [-0.3, -0.25) is 4.79 Å². The Morgan fingerprint density at radius 3 is 2.76 bits per heavy atom. The molecule has 0 unspecified atom stereocenters. The van der Waals surface area contributed by atoms with Gasteiger partial charge in [-0.05, 0) is 25.8 Å². The van der Waals surface area contributed by atoms with Crippen molar-refractivity contribution >= 4 is 17.5 Å². The van der Waals surface area contributed by atoms with Gasteiger partial charge < -0.3 is 9.73 Å². The van der Waals surface area contributed by atoms with E-state index in [1.54, 1.807) is 6.07 Å². The molecule has 0 aliphatic heterocycles. The number of halogens is 1. The van der Waals surface area contributed by atoms with E-state index >= 15 is 0 Å². The summed E-state index contributed by atoms with van der Waals surface area (Å²) in [5.41, 5.74) is 0.964. The van der Waals surface area contributed by atoms with Gasteiger partial charge in [0.05, 0.1) is 6.26 Å². The van der Waals surface area contributed by atoms with Crippen LogP contribution in [0.2, 0.25) is 0 Å². The average molecular weight is 256 g/mol. The Labute approximate surface area is 107 Å². The highest BCUT2D eigenvalue weighted by Crippen LogP contribution is 2.38. The summed E-state index contributed by atoms with van der Waals surface area (Å²) in [5.74, 6) is 0.890. The molecule has 0 atom stereocenters. The minimum Gasteiger partial charge on any atom is -0.459 e. The molecular weight excluding hydrogens is 238 g/mol. The Morgan fingerprint density at radius 2 is 2.24 bits per heavy atom. The third-order valence-corrected chi connectivity index (χ3v) is 4.21. The van der Waals surface area contributed by atoms with Crippen LogP contribution in [0.4, 0.5) is 0 Å². The zero-order valence-corrected chi connectivity index (χ0v) is 10.8. The summed E-state index contributed by atoms with van der Waals surface area (Å²) in [5, 5.41) is 2.94. The molecule has 1 N–H and O–H groups in total. The number of nitrogens with one attached hydrogen (secondary N) is 1. The molecular formula is C13H18ClNO2. The number of furan rings is 1. The van der Waals surface area contributed by atoms with E-state index in [0.29, 0.717) is 18.2 Å². The lowest BCUT2D eigenvalue weighted by Crippen LogP contribution is -2.37. The zero-order chi connectivity index (χ0) is 12.3. The van der Waals surface area contributed by atoms with Gasteiger partial charge in [0.15, 0.2) is 5.76 Å². The molecule has 17 heavy (non-hydrogen) atoms. The second-order valence-corrected chi connectivity index (χ2v) is 5.22. The van der Waals surface area contributed by atoms with Gasteiger partial charge in [-0.15, -0.1) is 11.6 Å². The van der Waals surface area contributed by atoms with Crippen LogP contribution < -0.4 is 5.32 Å². The lowest BCUT2D eigenvalue weighted by atomic mass is 9.88. The first-order valence-corrected chi connectivity index (χ1v) is 6.59. The lowest BCUT2D eigenvalue weighted by molar-refractivity contribution is 0.0906. The summed E-state index contributed by atoms with van der Waals surface area (Å²) in [7, 11) is 0. The fourth-order valence-electron chi connectivity index (χ4n) is 2.44. The smallest absolute Gasteiger partial charge is 0.287 e. The van der Waals surface area contributed by atoms with Gasteiger partial charge in [0.2, 0.25) is 0 Å². The van der Waals surface area contributed by atoms with Gasteiger partial charge in [-0.1, -0.05) is 12.8 Å². The SMILES string of the molecule is Cc1ccoc1C(=O)NCC1(CCl)CCCC1. The van der Waals surface area contributed by atoms with Crippen molar-refractivity contribution in [2.75, 3.05) is 12.4 Å². The first-order chi connectivity index (χ1) is 8.17. The van der Waals surface area contributed by atoms with Crippen molar-refractivity contribution in [3.8, 4) is 0 Å². The monoisotopic (exact) mass is 255 g/mol. The van der Waals surface area contributed by atoms with E-state index in [4.69, 9.17) is 16.0 Å². The highest BCUT2D eigenvalue weighted by Gasteiger charge is 2.33. The summed E-state index contributed by atoms with van der Waals surface area (Å²) in [4.78, 5) is 11.9. The van der Waals surface area contributed by atoms with Crippen LogP contribution >= 0.6 is 11.6 Å². The molecule has 2 rings (SSSR count). The Kier molecular flexibility index (Phi) is 3.77. The Hall–Kier alpha value is -0.960. The number of amides is 1. The molecule has 0 radical (unpaired) electrons. The normalized spacial score (nSPS) is 18.2. The molecule has 1 saturated carbocycles. The Balaban J connectivity index is 1.94. The molecule has 4 heteroatoms. The van der Waals surface area contributed by atoms with Crippen LogP contribution in [0.5, 0.6) is 0 Å². The summed E-state index contributed by atoms with van der Waals surface area (Å²) in [6.07, 6.45) is 6.17.